The number of aryl methyl sites for hydroxylation is 3. The maximum absolute atomic E-state index is 12.9. The molecule has 108 heavy (non-hydrogen) atoms. The predicted octanol–water partition coefficient (Wildman–Crippen LogP) is 5.17. The predicted molar refractivity (Wildman–Crippen MR) is 386 cm³/mol. The summed E-state index contributed by atoms with van der Waals surface area (Å²) < 4.78 is 179. The number of fused-ring (bicyclic) bond motifs is 1. The van der Waals surface area contributed by atoms with E-state index < -0.39 is 107 Å². The van der Waals surface area contributed by atoms with E-state index in [0.717, 1.165) is 74.4 Å². The van der Waals surface area contributed by atoms with Gasteiger partial charge in [-0.15, -0.1) is 0 Å². The van der Waals surface area contributed by atoms with E-state index in [1.165, 1.54) is 72.6 Å². The van der Waals surface area contributed by atoms with Crippen molar-refractivity contribution in [3.05, 3.63) is 160 Å². The summed E-state index contributed by atoms with van der Waals surface area (Å²) in [6.07, 6.45) is 2.69. The Morgan fingerprint density at radius 1 is 0.731 bits per heavy atom. The van der Waals surface area contributed by atoms with E-state index in [1.54, 1.807) is 23.1 Å². The zero-order chi connectivity index (χ0) is 80.1. The van der Waals surface area contributed by atoms with E-state index in [2.05, 4.69) is 71.5 Å². The Balaban J connectivity index is 0.000000306. The van der Waals surface area contributed by atoms with Gasteiger partial charge in [-0.3, -0.25) is 34.5 Å². The molecule has 5 N–H and O–H groups in total. The number of halogens is 5. The molecule has 45 heteroatoms. The van der Waals surface area contributed by atoms with Gasteiger partial charge < -0.3 is 43.2 Å². The number of pyridine rings is 1. The van der Waals surface area contributed by atoms with Crippen LogP contribution in [0, 0.1) is 17.4 Å². The van der Waals surface area contributed by atoms with Crippen LogP contribution in [0.3, 0.4) is 0 Å². The summed E-state index contributed by atoms with van der Waals surface area (Å²) in [4.78, 5) is 106. The first-order valence-electron chi connectivity index (χ1n) is 30.5. The number of anilines is 2. The zero-order valence-electron chi connectivity index (χ0n) is 59.6. The molecule has 4 amide bonds. The van der Waals surface area contributed by atoms with Crippen molar-refractivity contribution in [2.45, 2.75) is 86.9 Å². The molecule has 8 rings (SSSR count). The van der Waals surface area contributed by atoms with Gasteiger partial charge in [-0.1, -0.05) is 37.4 Å². The number of H-pyrrole nitrogens is 1. The maximum atomic E-state index is 12.9. The van der Waals surface area contributed by atoms with Crippen molar-refractivity contribution < 1.29 is 138 Å². The number of alkyl halides is 3. The molecule has 0 saturated carbocycles. The molecule has 0 spiro atoms. The zero-order valence-corrected chi connectivity index (χ0v) is 67.7. The van der Waals surface area contributed by atoms with Crippen molar-refractivity contribution in [1.82, 2.24) is 49.1 Å². The van der Waals surface area contributed by atoms with Crippen LogP contribution >= 0.6 is 34.2 Å². The van der Waals surface area contributed by atoms with Crippen molar-refractivity contribution in [1.29, 1.82) is 0 Å². The van der Waals surface area contributed by atoms with Gasteiger partial charge in [-0.25, -0.2) is 67.3 Å². The minimum absolute atomic E-state index is 0. The molecule has 578 valence electrons. The van der Waals surface area contributed by atoms with E-state index in [1.807, 2.05) is 41.6 Å². The molecule has 4 heterocycles. The molecule has 0 radical (unpaired) electrons. The van der Waals surface area contributed by atoms with Crippen LogP contribution in [0.1, 0.15) is 98.8 Å². The molecule has 0 bridgehead atoms. The Bertz CT molecular complexity index is 5160. The van der Waals surface area contributed by atoms with Crippen LogP contribution in [0.4, 0.5) is 34.7 Å². The standard InChI is InChI=1S/C18H22ClNO3.C17H21N5O9S2.C14H13F3N2O4S.C14H14IN5O6S.Na/c1-3-4-5-7-13(2)23-17(21)12-22-16-10-9-15(19)14-8-6-11-20-18(14)16;1-29-13-8-14(30-2)20-16(19-13)21-17(24)22-33(27,28)12-7-10(9-18-32(4,25)26)5-6-11(12)15(23)31-3;1-7-11(13(21)19(2)18-7)12(20)9-5-4-8(14(15,16)17)6-10(9)24(3,22)23;1-7-16-12(19-14(17-7)26-3)18-13(22)20-27(23,24)10-6-8(15)4-5-9(10)11(21)25-2;/h6,8-11,13H,3-5,7,12H2,1-2H3;5-8,18H,9H2,1-4H3,(H2,19,20,21,22,24);4-6,18H,1-3H3;4-6H,1-3H3,(H2,16,17,18,19,20,22);/q;;;;+1/p-1. The average molecular weight is 1730 g/mol. The number of nitrogens with zero attached hydrogens (tertiary/aromatic N) is 8. The van der Waals surface area contributed by atoms with Crippen molar-refractivity contribution in [2.24, 2.45) is 7.05 Å². The number of ether oxygens (including phenoxy) is 7. The van der Waals surface area contributed by atoms with E-state index in [0.29, 0.717) is 38.2 Å². The molecular weight excluding hydrogens is 1660 g/mol. The minimum Gasteiger partial charge on any atom is -0.481 e. The number of benzene rings is 4. The van der Waals surface area contributed by atoms with E-state index in [4.69, 9.17) is 35.3 Å². The number of aromatic amines is 1. The number of sulfonamides is 3. The van der Waals surface area contributed by atoms with Crippen LogP contribution in [0.15, 0.2) is 111 Å². The molecule has 1 atom stereocenters. The molecule has 0 aliphatic rings. The number of nitrogens with one attached hydrogen (secondary N) is 5. The molecule has 35 nitrogen and oxygen atoms in total. The fraction of sp³-hybridized carbons (Fsp3) is 0.317. The van der Waals surface area contributed by atoms with Crippen molar-refractivity contribution in [3.8, 4) is 23.5 Å². The number of methoxy groups -OCH3 is 5. The number of urea groups is 2. The number of esters is 3. The molecule has 0 fully saturated rings. The van der Waals surface area contributed by atoms with E-state index in [9.17, 15) is 80.4 Å². The topological polar surface area (TPSA) is 481 Å². The summed E-state index contributed by atoms with van der Waals surface area (Å²) in [5, 5.41) is 8.21. The number of ketones is 1. The van der Waals surface area contributed by atoms with Crippen molar-refractivity contribution in [3.63, 3.8) is 0 Å². The number of hydrogen-bond acceptors (Lipinski definition) is 28. The quantitative estimate of drug-likeness (QED) is 0.0123. The van der Waals surface area contributed by atoms with E-state index >= 15 is 0 Å². The van der Waals surface area contributed by atoms with Crippen LogP contribution in [-0.2, 0) is 78.7 Å². The number of unbranched alkanes of at least 4 members (excludes halogenated alkanes) is 2. The number of sulfone groups is 1. The molecule has 8 aromatic rings. The smallest absolute Gasteiger partial charge is 0.481 e. The van der Waals surface area contributed by atoms with Gasteiger partial charge in [0.2, 0.25) is 43.5 Å². The molecule has 0 aliphatic heterocycles. The number of carbonyl (C=O) groups excluding carboxylic acids is 6. The van der Waals surface area contributed by atoms with Gasteiger partial charge >= 0.3 is 65.7 Å². The summed E-state index contributed by atoms with van der Waals surface area (Å²) in [5.41, 5.74) is -2.28. The number of hydrogen-bond donors (Lipinski definition) is 5. The molecule has 1 unspecified atom stereocenters. The Kier molecular flexibility index (Phi) is 34.0. The summed E-state index contributed by atoms with van der Waals surface area (Å²) in [6, 6.07) is 15.2. The Morgan fingerprint density at radius 2 is 1.34 bits per heavy atom. The molecule has 0 aliphatic carbocycles. The van der Waals surface area contributed by atoms with Crippen molar-refractivity contribution in [2.75, 3.05) is 65.3 Å². The van der Waals surface area contributed by atoms with Crippen molar-refractivity contribution >= 4 is 133 Å². The second kappa shape index (κ2) is 40.3. The minimum atomic E-state index is -4.76. The van der Waals surface area contributed by atoms with Crippen LogP contribution in [0.5, 0.6) is 23.5 Å². The van der Waals surface area contributed by atoms with Gasteiger partial charge in [0, 0.05) is 46.3 Å². The first-order chi connectivity index (χ1) is 50.0. The summed E-state index contributed by atoms with van der Waals surface area (Å²) in [7, 11) is -9.38. The summed E-state index contributed by atoms with van der Waals surface area (Å²) >= 11 is 8.00. The van der Waals surface area contributed by atoms with Crippen LogP contribution in [-0.4, -0.2) is 170 Å². The number of aromatic nitrogens is 8. The Morgan fingerprint density at radius 3 is 1.91 bits per heavy atom. The normalized spacial score (nSPS) is 11.5. The second-order valence-electron chi connectivity index (χ2n) is 21.9. The fourth-order valence-electron chi connectivity index (χ4n) is 8.88. The first kappa shape index (κ1) is 91.2. The maximum Gasteiger partial charge on any atom is 1.00 e. The summed E-state index contributed by atoms with van der Waals surface area (Å²) in [5.74, 6) is -2.89. The first-order valence-corrected chi connectivity index (χ1v) is 38.6. The second-order valence-corrected chi connectivity index (χ2v) is 30.6. The van der Waals surface area contributed by atoms with Crippen LogP contribution in [0.2, 0.25) is 5.02 Å². The average Bonchev–Trinajstić information content (AvgIpc) is 1.19. The Labute approximate surface area is 657 Å². The third-order valence-corrected chi connectivity index (χ3v) is 19.2. The third-order valence-electron chi connectivity index (χ3n) is 13.8. The van der Waals surface area contributed by atoms with Gasteiger partial charge in [0.1, 0.15) is 27.5 Å². The van der Waals surface area contributed by atoms with Gasteiger partial charge in [0.15, 0.2) is 28.4 Å². The van der Waals surface area contributed by atoms with Gasteiger partial charge in [-0.2, -0.15) is 33.1 Å². The van der Waals surface area contributed by atoms with E-state index in [-0.39, 0.29) is 118 Å². The third kappa shape index (κ3) is 26.9. The largest absolute Gasteiger partial charge is 1.00 e. The number of rotatable bonds is 25. The fourth-order valence-corrected chi connectivity index (χ4v) is 13.3. The van der Waals surface area contributed by atoms with Gasteiger partial charge in [-0.05, 0) is 135 Å². The number of amides is 4. The van der Waals surface area contributed by atoms with Crippen LogP contribution in [0.25, 0.3) is 15.6 Å². The van der Waals surface area contributed by atoms with Gasteiger partial charge in [0.05, 0.1) is 85.5 Å². The SMILES string of the molecule is CCCCCC(C)OC(=O)COc1ccc(Cl)c2cccnc12.COC(=O)c1ccc(CNS(C)(=O)=O)cc1S(=O)(=O)NC(=O)Nc1nc(OC)cc(OC)n1.COC(=O)c1ccc(I)cc1S(=O)(=O)[N-]C(=O)Nc1nc(C)nc(OC)n1.Cc1[nH]n(C)c(=O)c1C(=O)c1ccc(C(F)(F)F)cc1S(C)(=O)=O.[Na+]. The monoisotopic (exact) mass is 1730 g/mol. The molecule has 4 aromatic carbocycles. The Hall–Kier alpha value is -9.22. The molecular formula is C63H69ClF3IN13NaO22S4. The molecule has 0 saturated heterocycles. The molecule has 4 aromatic heterocycles. The number of carbonyl (C=O) groups is 6. The summed E-state index contributed by atoms with van der Waals surface area (Å²) in [6.45, 7) is 6.63. The van der Waals surface area contributed by atoms with Crippen LogP contribution < -0.4 is 74.1 Å². The van der Waals surface area contributed by atoms with Gasteiger partial charge in [0.25, 0.3) is 15.6 Å².